The van der Waals surface area contributed by atoms with Gasteiger partial charge >= 0.3 is 0 Å². The Morgan fingerprint density at radius 2 is 1.89 bits per heavy atom. The molecule has 2 rings (SSSR count). The molecule has 0 fully saturated rings. The van der Waals surface area contributed by atoms with Gasteiger partial charge in [-0.25, -0.2) is 4.98 Å². The van der Waals surface area contributed by atoms with Crippen LogP contribution in [0.25, 0.3) is 11.0 Å². The highest BCUT2D eigenvalue weighted by Gasteiger charge is 2.13. The second-order valence-corrected chi connectivity index (χ2v) is 5.48. The average Bonchev–Trinajstić information content (AvgIpc) is 2.68. The standard InChI is InChI=1S/C16H25N3/c1-5-7-16-18-14-8-11(3)12(4)9-15(14)19(16)10-13(17)6-2/h8-9,13H,5-7,10,17H2,1-4H3. The van der Waals surface area contributed by atoms with E-state index in [4.69, 9.17) is 10.7 Å². The van der Waals surface area contributed by atoms with Crippen LogP contribution < -0.4 is 5.73 Å². The highest BCUT2D eigenvalue weighted by Crippen LogP contribution is 2.22. The number of hydrogen-bond donors (Lipinski definition) is 1. The molecule has 104 valence electrons. The fraction of sp³-hybridized carbons (Fsp3) is 0.562. The molecule has 0 aliphatic carbocycles. The Labute approximate surface area is 115 Å². The molecule has 19 heavy (non-hydrogen) atoms. The Bertz CT molecular complexity index is 569. The van der Waals surface area contributed by atoms with Crippen LogP contribution in [-0.2, 0) is 13.0 Å². The van der Waals surface area contributed by atoms with Gasteiger partial charge in [0.25, 0.3) is 0 Å². The molecule has 0 aliphatic heterocycles. The maximum absolute atomic E-state index is 6.14. The lowest BCUT2D eigenvalue weighted by Crippen LogP contribution is -2.26. The summed E-state index contributed by atoms with van der Waals surface area (Å²) in [4.78, 5) is 4.80. The van der Waals surface area contributed by atoms with Crippen molar-refractivity contribution in [2.75, 3.05) is 0 Å². The number of benzene rings is 1. The average molecular weight is 259 g/mol. The van der Waals surface area contributed by atoms with Crippen LogP contribution in [0, 0.1) is 13.8 Å². The third kappa shape index (κ3) is 2.81. The summed E-state index contributed by atoms with van der Waals surface area (Å²) in [5, 5.41) is 0. The van der Waals surface area contributed by atoms with Crippen molar-refractivity contribution in [3.8, 4) is 0 Å². The largest absolute Gasteiger partial charge is 0.326 e. The number of rotatable bonds is 5. The van der Waals surface area contributed by atoms with Crippen molar-refractivity contribution in [2.24, 2.45) is 5.73 Å². The quantitative estimate of drug-likeness (QED) is 0.895. The minimum Gasteiger partial charge on any atom is -0.326 e. The van der Waals surface area contributed by atoms with Gasteiger partial charge in [-0.1, -0.05) is 13.8 Å². The van der Waals surface area contributed by atoms with Crippen LogP contribution in [0.5, 0.6) is 0 Å². The molecule has 0 saturated carbocycles. The van der Waals surface area contributed by atoms with Gasteiger partial charge in [0.15, 0.2) is 0 Å². The van der Waals surface area contributed by atoms with Gasteiger partial charge in [-0.2, -0.15) is 0 Å². The SMILES string of the molecule is CCCc1nc2cc(C)c(C)cc2n1CC(N)CC. The van der Waals surface area contributed by atoms with E-state index in [9.17, 15) is 0 Å². The summed E-state index contributed by atoms with van der Waals surface area (Å²) >= 11 is 0. The molecule has 0 bridgehead atoms. The van der Waals surface area contributed by atoms with Crippen molar-refractivity contribution in [3.05, 3.63) is 29.1 Å². The normalized spacial score (nSPS) is 13.1. The molecule has 1 aromatic carbocycles. The van der Waals surface area contributed by atoms with Gasteiger partial charge in [-0.05, 0) is 49.9 Å². The molecular weight excluding hydrogens is 234 g/mol. The molecule has 1 aromatic heterocycles. The maximum atomic E-state index is 6.14. The number of hydrogen-bond acceptors (Lipinski definition) is 2. The third-order valence-electron chi connectivity index (χ3n) is 3.86. The molecule has 1 atom stereocenters. The van der Waals surface area contributed by atoms with Crippen LogP contribution in [0.15, 0.2) is 12.1 Å². The van der Waals surface area contributed by atoms with Gasteiger partial charge in [-0.15, -0.1) is 0 Å². The number of nitrogens with zero attached hydrogens (tertiary/aromatic N) is 2. The monoisotopic (exact) mass is 259 g/mol. The van der Waals surface area contributed by atoms with Gasteiger partial charge in [-0.3, -0.25) is 0 Å². The third-order valence-corrected chi connectivity index (χ3v) is 3.86. The summed E-state index contributed by atoms with van der Waals surface area (Å²) in [6, 6.07) is 4.64. The van der Waals surface area contributed by atoms with Gasteiger partial charge < -0.3 is 10.3 Å². The molecular formula is C16H25N3. The minimum atomic E-state index is 0.203. The van der Waals surface area contributed by atoms with Crippen molar-refractivity contribution in [1.82, 2.24) is 9.55 Å². The molecule has 0 radical (unpaired) electrons. The van der Waals surface area contributed by atoms with E-state index in [0.29, 0.717) is 0 Å². The van der Waals surface area contributed by atoms with E-state index in [-0.39, 0.29) is 6.04 Å². The van der Waals surface area contributed by atoms with E-state index in [0.717, 1.165) is 31.3 Å². The predicted octanol–water partition coefficient (Wildman–Crippen LogP) is 3.34. The summed E-state index contributed by atoms with van der Waals surface area (Å²) in [5.41, 5.74) is 11.1. The molecule has 2 aromatic rings. The van der Waals surface area contributed by atoms with Crippen LogP contribution >= 0.6 is 0 Å². The summed E-state index contributed by atoms with van der Waals surface area (Å²) < 4.78 is 2.32. The molecule has 2 N–H and O–H groups in total. The fourth-order valence-electron chi connectivity index (χ4n) is 2.41. The lowest BCUT2D eigenvalue weighted by atomic mass is 10.1. The second-order valence-electron chi connectivity index (χ2n) is 5.48. The molecule has 0 aliphatic rings. The maximum Gasteiger partial charge on any atom is 0.109 e. The van der Waals surface area contributed by atoms with Gasteiger partial charge in [0, 0.05) is 19.0 Å². The number of aryl methyl sites for hydroxylation is 3. The number of fused-ring (bicyclic) bond motifs is 1. The highest BCUT2D eigenvalue weighted by molar-refractivity contribution is 5.78. The molecule has 0 spiro atoms. The topological polar surface area (TPSA) is 43.8 Å². The molecule has 3 nitrogen and oxygen atoms in total. The zero-order chi connectivity index (χ0) is 14.0. The number of nitrogens with two attached hydrogens (primary N) is 1. The fourth-order valence-corrected chi connectivity index (χ4v) is 2.41. The van der Waals surface area contributed by atoms with Crippen LogP contribution in [-0.4, -0.2) is 15.6 Å². The molecule has 0 amide bonds. The molecule has 3 heteroatoms. The van der Waals surface area contributed by atoms with E-state index >= 15 is 0 Å². The first-order chi connectivity index (χ1) is 9.06. The number of aromatic nitrogens is 2. The van der Waals surface area contributed by atoms with Crippen molar-refractivity contribution >= 4 is 11.0 Å². The molecule has 1 unspecified atom stereocenters. The lowest BCUT2D eigenvalue weighted by molar-refractivity contribution is 0.531. The van der Waals surface area contributed by atoms with Gasteiger partial charge in [0.2, 0.25) is 0 Å². The number of imidazole rings is 1. The Hall–Kier alpha value is -1.35. The van der Waals surface area contributed by atoms with Crippen LogP contribution in [0.2, 0.25) is 0 Å². The summed E-state index contributed by atoms with van der Waals surface area (Å²) in [6.45, 7) is 9.50. The Morgan fingerprint density at radius 1 is 1.21 bits per heavy atom. The van der Waals surface area contributed by atoms with E-state index in [2.05, 4.69) is 44.4 Å². The Balaban J connectivity index is 2.55. The Kier molecular flexibility index (Phi) is 4.25. The summed E-state index contributed by atoms with van der Waals surface area (Å²) in [5.74, 6) is 1.17. The first-order valence-corrected chi connectivity index (χ1v) is 7.28. The van der Waals surface area contributed by atoms with E-state index in [1.54, 1.807) is 0 Å². The molecule has 1 heterocycles. The minimum absolute atomic E-state index is 0.203. The van der Waals surface area contributed by atoms with Crippen molar-refractivity contribution < 1.29 is 0 Å². The Morgan fingerprint density at radius 3 is 2.53 bits per heavy atom. The van der Waals surface area contributed by atoms with Crippen molar-refractivity contribution in [2.45, 2.75) is 59.5 Å². The predicted molar refractivity (Wildman–Crippen MR) is 81.5 cm³/mol. The van der Waals surface area contributed by atoms with E-state index in [1.807, 2.05) is 0 Å². The summed E-state index contributed by atoms with van der Waals surface area (Å²) in [7, 11) is 0. The molecule has 0 saturated heterocycles. The smallest absolute Gasteiger partial charge is 0.109 e. The highest BCUT2D eigenvalue weighted by atomic mass is 15.1. The first-order valence-electron chi connectivity index (χ1n) is 7.28. The summed E-state index contributed by atoms with van der Waals surface area (Å²) in [6.07, 6.45) is 3.13. The second kappa shape index (κ2) is 5.74. The van der Waals surface area contributed by atoms with Crippen LogP contribution in [0.3, 0.4) is 0 Å². The lowest BCUT2D eigenvalue weighted by Gasteiger charge is -2.14. The van der Waals surface area contributed by atoms with Crippen molar-refractivity contribution in [3.63, 3.8) is 0 Å². The zero-order valence-corrected chi connectivity index (χ0v) is 12.5. The van der Waals surface area contributed by atoms with E-state index in [1.165, 1.54) is 22.5 Å². The van der Waals surface area contributed by atoms with Crippen molar-refractivity contribution in [1.29, 1.82) is 0 Å². The van der Waals surface area contributed by atoms with Crippen LogP contribution in [0.4, 0.5) is 0 Å². The van der Waals surface area contributed by atoms with Gasteiger partial charge in [0.1, 0.15) is 5.82 Å². The zero-order valence-electron chi connectivity index (χ0n) is 12.5. The van der Waals surface area contributed by atoms with Gasteiger partial charge in [0.05, 0.1) is 11.0 Å². The van der Waals surface area contributed by atoms with E-state index < -0.39 is 0 Å². The van der Waals surface area contributed by atoms with Crippen LogP contribution in [0.1, 0.15) is 43.6 Å². The first kappa shape index (κ1) is 14.1.